The summed E-state index contributed by atoms with van der Waals surface area (Å²) in [5.41, 5.74) is 2.38. The van der Waals surface area contributed by atoms with Gasteiger partial charge in [-0.05, 0) is 18.7 Å². The van der Waals surface area contributed by atoms with E-state index < -0.39 is 0 Å². The highest BCUT2D eigenvalue weighted by Crippen LogP contribution is 2.26. The van der Waals surface area contributed by atoms with Crippen LogP contribution in [0.1, 0.15) is 50.1 Å². The summed E-state index contributed by atoms with van der Waals surface area (Å²) in [6.07, 6.45) is 2.74. The molecule has 0 saturated heterocycles. The van der Waals surface area contributed by atoms with E-state index in [1.165, 1.54) is 10.7 Å². The Balaban J connectivity index is 2.15. The van der Waals surface area contributed by atoms with Gasteiger partial charge in [0.1, 0.15) is 0 Å². The van der Waals surface area contributed by atoms with E-state index in [1.54, 1.807) is 11.3 Å². The van der Waals surface area contributed by atoms with Crippen molar-refractivity contribution in [3.63, 3.8) is 0 Å². The van der Waals surface area contributed by atoms with Gasteiger partial charge in [0.2, 0.25) is 0 Å². The van der Waals surface area contributed by atoms with E-state index in [4.69, 9.17) is 4.98 Å². The van der Waals surface area contributed by atoms with Gasteiger partial charge in [-0.15, -0.1) is 11.3 Å². The average Bonchev–Trinajstić information content (AvgIpc) is 2.88. The van der Waals surface area contributed by atoms with Crippen molar-refractivity contribution in [2.24, 2.45) is 0 Å². The summed E-state index contributed by atoms with van der Waals surface area (Å²) in [6, 6.07) is 6.30. The molecule has 0 aliphatic rings. The Labute approximate surface area is 125 Å². The lowest BCUT2D eigenvalue weighted by Crippen LogP contribution is -2.24. The molecule has 3 nitrogen and oxygen atoms in total. The molecule has 1 unspecified atom stereocenters. The number of likely N-dealkylation sites (N-methyl/N-ethyl adjacent to an activating group) is 1. The van der Waals surface area contributed by atoms with Gasteiger partial charge in [-0.2, -0.15) is 0 Å². The van der Waals surface area contributed by atoms with Gasteiger partial charge in [0.15, 0.2) is 0 Å². The van der Waals surface area contributed by atoms with Crippen molar-refractivity contribution in [2.75, 3.05) is 6.54 Å². The summed E-state index contributed by atoms with van der Waals surface area (Å²) < 4.78 is 0. The first-order valence-electron chi connectivity index (χ1n) is 7.10. The van der Waals surface area contributed by atoms with Crippen LogP contribution in [0.2, 0.25) is 0 Å². The molecule has 2 rings (SSSR count). The van der Waals surface area contributed by atoms with Crippen LogP contribution in [0.5, 0.6) is 0 Å². The monoisotopic (exact) mass is 289 g/mol. The Kier molecular flexibility index (Phi) is 4.89. The lowest BCUT2D eigenvalue weighted by Gasteiger charge is -2.16. The molecule has 108 valence electrons. The van der Waals surface area contributed by atoms with Gasteiger partial charge >= 0.3 is 0 Å². The summed E-state index contributed by atoms with van der Waals surface area (Å²) in [6.45, 7) is 9.65. The Morgan fingerprint density at radius 1 is 1.30 bits per heavy atom. The van der Waals surface area contributed by atoms with E-state index in [0.29, 0.717) is 0 Å². The van der Waals surface area contributed by atoms with Gasteiger partial charge in [-0.1, -0.05) is 33.8 Å². The minimum atomic E-state index is 0.118. The second-order valence-corrected chi connectivity index (χ2v) is 6.89. The fraction of sp³-hybridized carbons (Fsp3) is 0.500. The first-order valence-corrected chi connectivity index (χ1v) is 7.98. The van der Waals surface area contributed by atoms with Crippen molar-refractivity contribution >= 4 is 11.3 Å². The van der Waals surface area contributed by atoms with E-state index in [0.717, 1.165) is 18.7 Å². The second-order valence-electron chi connectivity index (χ2n) is 5.95. The SMILES string of the molecule is CCNC(Cc1nc(C(C)(C)C)cs1)c1ccccn1. The highest BCUT2D eigenvalue weighted by Gasteiger charge is 2.19. The maximum absolute atomic E-state index is 4.78. The molecule has 0 amide bonds. The van der Waals surface area contributed by atoms with Crippen LogP contribution in [0, 0.1) is 0 Å². The summed E-state index contributed by atoms with van der Waals surface area (Å²) in [5.74, 6) is 0. The van der Waals surface area contributed by atoms with Gasteiger partial charge in [0, 0.05) is 23.4 Å². The Morgan fingerprint density at radius 3 is 2.65 bits per heavy atom. The first-order chi connectivity index (χ1) is 9.50. The molecule has 0 bridgehead atoms. The van der Waals surface area contributed by atoms with E-state index >= 15 is 0 Å². The molecule has 1 N–H and O–H groups in total. The smallest absolute Gasteiger partial charge is 0.0948 e. The molecule has 0 spiro atoms. The standard InChI is InChI=1S/C16H23N3S/c1-5-17-13(12-8-6-7-9-18-12)10-15-19-14(11-20-15)16(2,3)4/h6-9,11,13,17H,5,10H2,1-4H3. The van der Waals surface area contributed by atoms with E-state index in [-0.39, 0.29) is 11.5 Å². The zero-order valence-corrected chi connectivity index (χ0v) is 13.5. The minimum Gasteiger partial charge on any atom is -0.309 e. The molecule has 0 saturated carbocycles. The molecule has 0 aromatic carbocycles. The molecule has 0 fully saturated rings. The van der Waals surface area contributed by atoms with Gasteiger partial charge in [-0.25, -0.2) is 4.98 Å². The Bertz CT molecular complexity index is 528. The summed E-state index contributed by atoms with van der Waals surface area (Å²) in [5, 5.41) is 6.85. The van der Waals surface area contributed by atoms with Gasteiger partial charge in [0.05, 0.1) is 22.4 Å². The summed E-state index contributed by atoms with van der Waals surface area (Å²) in [4.78, 5) is 9.24. The molecular weight excluding hydrogens is 266 g/mol. The second kappa shape index (κ2) is 6.46. The number of thiazole rings is 1. The topological polar surface area (TPSA) is 37.8 Å². The molecule has 1 atom stereocenters. The van der Waals surface area contributed by atoms with Crippen LogP contribution < -0.4 is 5.32 Å². The molecule has 0 aliphatic carbocycles. The lowest BCUT2D eigenvalue weighted by atomic mass is 9.93. The third-order valence-corrected chi connectivity index (χ3v) is 4.07. The van der Waals surface area contributed by atoms with Crippen molar-refractivity contribution in [3.8, 4) is 0 Å². The molecular formula is C16H23N3S. The maximum atomic E-state index is 4.78. The number of hydrogen-bond acceptors (Lipinski definition) is 4. The number of aromatic nitrogens is 2. The van der Waals surface area contributed by atoms with Crippen LogP contribution in [-0.2, 0) is 11.8 Å². The van der Waals surface area contributed by atoms with Crippen molar-refractivity contribution in [1.29, 1.82) is 0 Å². The van der Waals surface area contributed by atoms with Crippen LogP contribution >= 0.6 is 11.3 Å². The minimum absolute atomic E-state index is 0.118. The molecule has 2 aromatic rings. The highest BCUT2D eigenvalue weighted by molar-refractivity contribution is 7.09. The van der Waals surface area contributed by atoms with Crippen molar-refractivity contribution < 1.29 is 0 Å². The predicted octanol–water partition coefficient (Wildman–Crippen LogP) is 3.73. The van der Waals surface area contributed by atoms with Crippen molar-refractivity contribution in [3.05, 3.63) is 46.2 Å². The molecule has 0 radical (unpaired) electrons. The molecule has 20 heavy (non-hydrogen) atoms. The number of rotatable bonds is 5. The lowest BCUT2D eigenvalue weighted by molar-refractivity contribution is 0.529. The Hall–Kier alpha value is -1.26. The molecule has 2 heterocycles. The van der Waals surface area contributed by atoms with Gasteiger partial charge in [-0.3, -0.25) is 4.98 Å². The van der Waals surface area contributed by atoms with Crippen LogP contribution in [0.4, 0.5) is 0 Å². The van der Waals surface area contributed by atoms with Gasteiger partial charge in [0.25, 0.3) is 0 Å². The molecule has 4 heteroatoms. The fourth-order valence-electron chi connectivity index (χ4n) is 2.03. The van der Waals surface area contributed by atoms with Crippen molar-refractivity contribution in [1.82, 2.24) is 15.3 Å². The fourth-order valence-corrected chi connectivity index (χ4v) is 3.10. The quantitative estimate of drug-likeness (QED) is 0.911. The van der Waals surface area contributed by atoms with E-state index in [1.807, 2.05) is 18.3 Å². The average molecular weight is 289 g/mol. The maximum Gasteiger partial charge on any atom is 0.0948 e. The van der Waals surface area contributed by atoms with Crippen LogP contribution in [-0.4, -0.2) is 16.5 Å². The zero-order chi connectivity index (χ0) is 14.6. The Morgan fingerprint density at radius 2 is 2.10 bits per heavy atom. The third-order valence-electron chi connectivity index (χ3n) is 3.19. The number of nitrogens with one attached hydrogen (secondary N) is 1. The van der Waals surface area contributed by atoms with Crippen molar-refractivity contribution in [2.45, 2.75) is 45.6 Å². The van der Waals surface area contributed by atoms with Crippen LogP contribution in [0.25, 0.3) is 0 Å². The van der Waals surface area contributed by atoms with Crippen LogP contribution in [0.15, 0.2) is 29.8 Å². The number of pyridine rings is 1. The van der Waals surface area contributed by atoms with E-state index in [2.05, 4.69) is 49.4 Å². The predicted molar refractivity (Wildman–Crippen MR) is 85.2 cm³/mol. The largest absolute Gasteiger partial charge is 0.309 e. The summed E-state index contributed by atoms with van der Waals surface area (Å²) >= 11 is 1.75. The molecule has 0 aliphatic heterocycles. The highest BCUT2D eigenvalue weighted by atomic mass is 32.1. The third kappa shape index (κ3) is 3.87. The normalized spacial score (nSPS) is 13.4. The van der Waals surface area contributed by atoms with Crippen LogP contribution in [0.3, 0.4) is 0 Å². The number of nitrogens with zero attached hydrogens (tertiary/aromatic N) is 2. The number of hydrogen-bond donors (Lipinski definition) is 1. The zero-order valence-electron chi connectivity index (χ0n) is 12.7. The van der Waals surface area contributed by atoms with E-state index in [9.17, 15) is 0 Å². The first kappa shape index (κ1) is 15.1. The summed E-state index contributed by atoms with van der Waals surface area (Å²) in [7, 11) is 0. The molecule has 2 aromatic heterocycles. The van der Waals surface area contributed by atoms with Gasteiger partial charge < -0.3 is 5.32 Å².